The van der Waals surface area contributed by atoms with Crippen molar-refractivity contribution in [1.82, 2.24) is 43.8 Å². The van der Waals surface area contributed by atoms with Gasteiger partial charge >= 0.3 is 6.36 Å². The molecule has 13 aromatic rings. The number of amides is 5. The average molecular weight is 1970 g/mol. The van der Waals surface area contributed by atoms with Gasteiger partial charge in [0.2, 0.25) is 64.1 Å². The number of halogens is 4. The van der Waals surface area contributed by atoms with Crippen LogP contribution < -0.4 is 64.5 Å². The number of aromatic nitrogens is 6. The number of alkyl halides is 3. The molecular formula is C104H105ClF3N13O17S2. The summed E-state index contributed by atoms with van der Waals surface area (Å²) in [6, 6.07) is 69.4. The van der Waals surface area contributed by atoms with Gasteiger partial charge in [0.25, 0.3) is 5.91 Å². The smallest absolute Gasteiger partial charge is 0.454 e. The van der Waals surface area contributed by atoms with E-state index < -0.39 is 48.1 Å². The van der Waals surface area contributed by atoms with Crippen LogP contribution in [0.2, 0.25) is 5.02 Å². The number of sulfonamides is 2. The second-order valence-corrected chi connectivity index (χ2v) is 39.1. The minimum Gasteiger partial charge on any atom is -0.454 e. The first-order valence-corrected chi connectivity index (χ1v) is 49.1. The summed E-state index contributed by atoms with van der Waals surface area (Å²) in [5.74, 6) is 4.88. The fraction of sp³-hybridized carbons (Fsp3) is 0.269. The van der Waals surface area contributed by atoms with Crippen LogP contribution in [0.5, 0.6) is 40.2 Å². The van der Waals surface area contributed by atoms with Gasteiger partial charge in [0, 0.05) is 89.9 Å². The van der Waals surface area contributed by atoms with Crippen LogP contribution in [0.1, 0.15) is 128 Å². The number of nitrogens with zero attached hydrogens (tertiary/aromatic N) is 7. The second-order valence-electron chi connectivity index (χ2n) is 35.0. The fourth-order valence-electron chi connectivity index (χ4n) is 17.8. The van der Waals surface area contributed by atoms with Crippen molar-refractivity contribution < 1.29 is 98.0 Å². The lowest BCUT2D eigenvalue weighted by Crippen LogP contribution is -2.42. The monoisotopic (exact) mass is 1960 g/mol. The largest absolute Gasteiger partial charge is 0.573 e. The molecule has 5 fully saturated rings. The molecule has 0 radical (unpaired) electrons. The zero-order chi connectivity index (χ0) is 97.4. The predicted octanol–water partition coefficient (Wildman–Crippen LogP) is 18.6. The number of carbonyl (C=O) groups excluding carboxylic acids is 5. The van der Waals surface area contributed by atoms with Crippen LogP contribution in [-0.4, -0.2) is 145 Å². The SMILES string of the molecule is CNC(=O)c1ccc(-c2ccc(NC(=O)C3(c4ccc5c(c4)OCO5)CC3)nc2)cc1.O=C(Nc1cccc(-c2ccc(OC(F)(F)F)cc2)n1)C1(c2ccc3c(c2)OCO3)CC1.O=C(Nc1cccc(-c2ccc(S(=O)(=O)N3CCC[C@@H]3CO)cc2)n1)C1(c2ccc(Cl)cc2)CCCCC1.O=C(Nc1cccc(-c2ccc(S(=O)(=O)NCCCn3ccnc3)cc2)n1)C1(c2ccc3c(c2)OCO3)CC1.[HH].[HH].[HH].[HH]. The lowest BCUT2D eigenvalue weighted by Gasteiger charge is -2.36. The molecule has 8 aliphatic rings. The molecule has 36 heteroatoms. The van der Waals surface area contributed by atoms with Crippen LogP contribution in [0.4, 0.5) is 36.4 Å². The number of benzene rings is 8. The Labute approximate surface area is 815 Å². The lowest BCUT2D eigenvalue weighted by molar-refractivity contribution is -0.274. The molecule has 0 bridgehead atoms. The van der Waals surface area contributed by atoms with Crippen LogP contribution in [0, 0.1) is 0 Å². The van der Waals surface area contributed by atoms with E-state index in [2.05, 4.69) is 61.0 Å². The molecule has 1 saturated heterocycles. The molecular weight excluding hydrogens is 1860 g/mol. The standard InChI is InChI=1S/C29H32ClN3O4S.C28H27N5O5S.C24H21N3O4.C23H17F3N2O4.4H2/c30-23-13-11-22(12-14-23)29(17-2-1-3-18-29)28(35)32-27-8-4-7-26(31-27)21-9-15-25(16-10-21)38(36,37)33-19-5-6-24(33)20-34;34-27(28(11-12-28)21-7-10-24-25(17-21)38-19-37-24)32-26-4-1-3-23(31-26)20-5-8-22(9-6-20)39(35,36)30-13-2-15-33-16-14-29-18-33;1-25-22(28)16-4-2-15(3-5-16)17-6-9-21(26-13-17)27-23(29)24(10-11-24)18-7-8-19-20(12-18)31-14-30-19;24-23(25,26)32-16-7-4-14(5-8-16)17-2-1-3-20(27-17)28-21(29)22(10-11-22)15-6-9-18-19(12-15)31-13-30-18;;;;/h4,7-16,24,34H,1-3,5-6,17-20H2,(H,31,32,35);1,3-10,14,16-18,30H,2,11-13,15,19H2,(H,31,32,34);2-9,12-13H,10-11,14H2,1H3,(H,25,28)(H,26,27,29);1-9,12H,10-11,13H2,(H,27,28,29);4*1H/t24-;;;;;;;/m1......./s1. The molecule has 21 rings (SSSR count). The zero-order valence-corrected chi connectivity index (χ0v) is 78.2. The summed E-state index contributed by atoms with van der Waals surface area (Å²) in [7, 11) is -5.71. The van der Waals surface area contributed by atoms with E-state index in [0.29, 0.717) is 136 Å². The number of nitrogens with one attached hydrogen (secondary N) is 6. The number of aliphatic hydroxyl groups excluding tert-OH is 1. The molecule has 728 valence electrons. The Balaban J connectivity index is 0.000000151. The van der Waals surface area contributed by atoms with Crippen molar-refractivity contribution >= 4 is 84.5 Å². The molecule has 0 unspecified atom stereocenters. The van der Waals surface area contributed by atoms with E-state index in [1.807, 2.05) is 126 Å². The van der Waals surface area contributed by atoms with Gasteiger partial charge in [-0.3, -0.25) is 24.0 Å². The number of hydrogen-bond acceptors (Lipinski definition) is 22. The van der Waals surface area contributed by atoms with Crippen molar-refractivity contribution in [3.8, 4) is 85.1 Å². The second kappa shape index (κ2) is 40.8. The third-order valence-electron chi connectivity index (χ3n) is 26.1. The molecule has 4 aliphatic heterocycles. The highest BCUT2D eigenvalue weighted by Gasteiger charge is 2.55. The van der Waals surface area contributed by atoms with Gasteiger partial charge in [0.05, 0.1) is 61.5 Å². The number of hydrogen-bond donors (Lipinski definition) is 7. The third kappa shape index (κ3) is 21.5. The maximum atomic E-state index is 13.7. The van der Waals surface area contributed by atoms with E-state index >= 15 is 0 Å². The molecule has 4 saturated carbocycles. The van der Waals surface area contributed by atoms with Crippen LogP contribution in [0.3, 0.4) is 0 Å². The number of ether oxygens (including phenoxy) is 7. The molecule has 0 spiro atoms. The van der Waals surface area contributed by atoms with Gasteiger partial charge < -0.3 is 69.4 Å². The van der Waals surface area contributed by atoms with Crippen LogP contribution in [0.15, 0.2) is 277 Å². The normalized spacial score (nSPS) is 16.6. The number of aryl methyl sites for hydroxylation is 1. The van der Waals surface area contributed by atoms with E-state index in [1.165, 1.54) is 28.6 Å². The first kappa shape index (κ1) is 95.7. The first-order valence-electron chi connectivity index (χ1n) is 45.8. The Morgan fingerprint density at radius 2 is 0.914 bits per heavy atom. The molecule has 4 aliphatic carbocycles. The number of fused-ring (bicyclic) bond motifs is 3. The van der Waals surface area contributed by atoms with E-state index in [9.17, 15) is 59.1 Å². The summed E-state index contributed by atoms with van der Waals surface area (Å²) in [6.07, 6.45) is 13.3. The van der Waals surface area contributed by atoms with E-state index in [4.69, 9.17) is 40.0 Å². The Hall–Kier alpha value is -14.6. The Bertz CT molecular complexity index is 7010. The fourth-order valence-corrected chi connectivity index (χ4v) is 20.7. The molecule has 8 aromatic carbocycles. The molecule has 7 N–H and O–H groups in total. The highest BCUT2D eigenvalue weighted by Crippen LogP contribution is 2.55. The van der Waals surface area contributed by atoms with Crippen molar-refractivity contribution in [2.45, 2.75) is 140 Å². The van der Waals surface area contributed by atoms with Crippen LogP contribution >= 0.6 is 11.6 Å². The molecule has 5 amide bonds. The summed E-state index contributed by atoms with van der Waals surface area (Å²) < 4.78 is 131. The van der Waals surface area contributed by atoms with E-state index in [-0.39, 0.29) is 83.8 Å². The van der Waals surface area contributed by atoms with Gasteiger partial charge in [0.1, 0.15) is 29.0 Å². The molecule has 5 aromatic heterocycles. The van der Waals surface area contributed by atoms with Crippen molar-refractivity contribution in [2.75, 3.05) is 68.4 Å². The number of imidazole rings is 1. The Morgan fingerprint density at radius 3 is 1.34 bits per heavy atom. The highest BCUT2D eigenvalue weighted by molar-refractivity contribution is 7.89. The highest BCUT2D eigenvalue weighted by atomic mass is 35.5. The minimum atomic E-state index is -4.75. The molecule has 9 heterocycles. The van der Waals surface area contributed by atoms with Crippen molar-refractivity contribution in [1.29, 1.82) is 0 Å². The van der Waals surface area contributed by atoms with E-state index in [0.717, 1.165) is 109 Å². The number of rotatable bonds is 27. The maximum Gasteiger partial charge on any atom is 0.573 e. The van der Waals surface area contributed by atoms with Crippen molar-refractivity contribution in [3.05, 3.63) is 300 Å². The quantitative estimate of drug-likeness (QED) is 0.0235. The van der Waals surface area contributed by atoms with Gasteiger partial charge in [-0.1, -0.05) is 116 Å². The summed E-state index contributed by atoms with van der Waals surface area (Å²) >= 11 is 6.11. The summed E-state index contributed by atoms with van der Waals surface area (Å²) in [4.78, 5) is 87.2. The molecule has 1 atom stereocenters. The van der Waals surface area contributed by atoms with Gasteiger partial charge in [-0.15, -0.1) is 13.2 Å². The van der Waals surface area contributed by atoms with Crippen molar-refractivity contribution in [3.63, 3.8) is 0 Å². The number of pyridine rings is 4. The third-order valence-corrected chi connectivity index (χ3v) is 29.8. The predicted molar refractivity (Wildman–Crippen MR) is 524 cm³/mol. The summed E-state index contributed by atoms with van der Waals surface area (Å²) in [5.41, 5.74) is 7.50. The Morgan fingerprint density at radius 1 is 0.486 bits per heavy atom. The number of aliphatic hydroxyl groups is 1. The molecule has 30 nitrogen and oxygen atoms in total. The molecule has 140 heavy (non-hydrogen) atoms. The summed E-state index contributed by atoms with van der Waals surface area (Å²) in [5, 5.41) is 24.6. The van der Waals surface area contributed by atoms with Crippen LogP contribution in [-0.2, 0) is 67.4 Å². The number of carbonyl (C=O) groups is 5. The lowest BCUT2D eigenvalue weighted by atomic mass is 9.68. The van der Waals surface area contributed by atoms with Gasteiger partial charge in [0.15, 0.2) is 34.5 Å². The maximum absolute atomic E-state index is 13.7. The number of anilines is 4. The van der Waals surface area contributed by atoms with E-state index in [1.54, 1.807) is 129 Å². The van der Waals surface area contributed by atoms with Crippen LogP contribution in [0.25, 0.3) is 44.9 Å². The average Bonchev–Trinajstić information content (AvgIpc) is 1.56. The summed E-state index contributed by atoms with van der Waals surface area (Å²) in [6.45, 7) is 1.79. The van der Waals surface area contributed by atoms with Gasteiger partial charge in [-0.2, -0.15) is 4.31 Å². The topological polar surface area (TPSA) is 383 Å². The first-order chi connectivity index (χ1) is 67.7. The zero-order valence-electron chi connectivity index (χ0n) is 75.8. The van der Waals surface area contributed by atoms with Gasteiger partial charge in [-0.05, 0) is 256 Å². The Kier molecular flexibility index (Phi) is 27.9. The minimum absolute atomic E-state index is 0. The van der Waals surface area contributed by atoms with Gasteiger partial charge in [-0.25, -0.2) is 46.5 Å². The van der Waals surface area contributed by atoms with Crippen molar-refractivity contribution in [2.24, 2.45) is 0 Å².